The second kappa shape index (κ2) is 6.93. The van der Waals surface area contributed by atoms with Gasteiger partial charge in [0.25, 0.3) is 10.2 Å². The molecule has 0 radical (unpaired) electrons. The maximum Gasteiger partial charge on any atom is 0.307 e. The van der Waals surface area contributed by atoms with Crippen molar-refractivity contribution in [2.75, 3.05) is 13.6 Å². The molecule has 0 amide bonds. The average molecular weight is 266 g/mol. The summed E-state index contributed by atoms with van der Waals surface area (Å²) in [5.41, 5.74) is 0. The molecule has 7 heteroatoms. The van der Waals surface area contributed by atoms with Gasteiger partial charge in [0.2, 0.25) is 0 Å². The molecule has 17 heavy (non-hydrogen) atoms. The Hall–Kier alpha value is -0.660. The lowest BCUT2D eigenvalue weighted by Crippen LogP contribution is -2.46. The van der Waals surface area contributed by atoms with Gasteiger partial charge < -0.3 is 5.11 Å². The highest BCUT2D eigenvalue weighted by Crippen LogP contribution is 2.06. The van der Waals surface area contributed by atoms with Crippen molar-refractivity contribution < 1.29 is 18.3 Å². The Balaban J connectivity index is 4.48. The zero-order valence-electron chi connectivity index (χ0n) is 10.8. The summed E-state index contributed by atoms with van der Waals surface area (Å²) < 4.78 is 27.2. The van der Waals surface area contributed by atoms with Gasteiger partial charge in [0.05, 0.1) is 5.92 Å². The SMILES string of the molecule is CCCCN(C)S(=O)(=O)NC(C)C(C)C(=O)O. The quantitative estimate of drug-likeness (QED) is 0.675. The summed E-state index contributed by atoms with van der Waals surface area (Å²) in [4.78, 5) is 10.7. The summed E-state index contributed by atoms with van der Waals surface area (Å²) in [6, 6.07) is -0.637. The van der Waals surface area contributed by atoms with E-state index in [-0.39, 0.29) is 0 Å². The molecule has 0 aliphatic rings. The topological polar surface area (TPSA) is 86.7 Å². The first-order valence-electron chi connectivity index (χ1n) is 5.68. The molecular weight excluding hydrogens is 244 g/mol. The van der Waals surface area contributed by atoms with Gasteiger partial charge in [-0.3, -0.25) is 4.79 Å². The molecule has 0 saturated carbocycles. The largest absolute Gasteiger partial charge is 0.481 e. The van der Waals surface area contributed by atoms with Crippen molar-refractivity contribution in [2.45, 2.75) is 39.7 Å². The molecule has 0 aliphatic carbocycles. The van der Waals surface area contributed by atoms with Gasteiger partial charge in [-0.25, -0.2) is 0 Å². The number of hydrogen-bond donors (Lipinski definition) is 2. The van der Waals surface area contributed by atoms with Crippen molar-refractivity contribution in [3.05, 3.63) is 0 Å². The maximum atomic E-state index is 11.8. The van der Waals surface area contributed by atoms with E-state index in [1.165, 1.54) is 18.3 Å². The molecule has 0 aromatic carbocycles. The van der Waals surface area contributed by atoms with E-state index in [1.807, 2.05) is 6.92 Å². The van der Waals surface area contributed by atoms with E-state index in [1.54, 1.807) is 6.92 Å². The van der Waals surface area contributed by atoms with Crippen LogP contribution >= 0.6 is 0 Å². The Morgan fingerprint density at radius 3 is 2.35 bits per heavy atom. The maximum absolute atomic E-state index is 11.8. The van der Waals surface area contributed by atoms with E-state index >= 15 is 0 Å². The van der Waals surface area contributed by atoms with E-state index in [2.05, 4.69) is 4.72 Å². The van der Waals surface area contributed by atoms with Gasteiger partial charge in [-0.05, 0) is 13.3 Å². The molecule has 0 rings (SSSR count). The Morgan fingerprint density at radius 2 is 1.94 bits per heavy atom. The molecule has 0 aromatic rings. The molecule has 0 aliphatic heterocycles. The highest BCUT2D eigenvalue weighted by molar-refractivity contribution is 7.87. The molecule has 6 nitrogen and oxygen atoms in total. The molecule has 2 unspecified atom stereocenters. The van der Waals surface area contributed by atoms with Crippen LogP contribution in [0.1, 0.15) is 33.6 Å². The molecule has 0 spiro atoms. The number of carbonyl (C=O) groups is 1. The van der Waals surface area contributed by atoms with Gasteiger partial charge in [-0.2, -0.15) is 17.4 Å². The number of aliphatic carboxylic acids is 1. The highest BCUT2D eigenvalue weighted by Gasteiger charge is 2.26. The average Bonchev–Trinajstić information content (AvgIpc) is 2.23. The summed E-state index contributed by atoms with van der Waals surface area (Å²) >= 11 is 0. The van der Waals surface area contributed by atoms with Crippen LogP contribution in [0.3, 0.4) is 0 Å². The zero-order valence-corrected chi connectivity index (χ0v) is 11.6. The fourth-order valence-corrected chi connectivity index (χ4v) is 2.37. The monoisotopic (exact) mass is 266 g/mol. The summed E-state index contributed by atoms with van der Waals surface area (Å²) in [5, 5.41) is 8.78. The molecule has 0 bridgehead atoms. The Morgan fingerprint density at radius 1 is 1.41 bits per heavy atom. The fraction of sp³-hybridized carbons (Fsp3) is 0.900. The second-order valence-corrected chi connectivity index (χ2v) is 6.02. The molecule has 0 heterocycles. The normalized spacial score (nSPS) is 15.8. The van der Waals surface area contributed by atoms with Crippen LogP contribution in [-0.4, -0.2) is 43.4 Å². The number of nitrogens with zero attached hydrogens (tertiary/aromatic N) is 1. The van der Waals surface area contributed by atoms with E-state index in [0.29, 0.717) is 6.54 Å². The van der Waals surface area contributed by atoms with Gasteiger partial charge in [-0.15, -0.1) is 0 Å². The Kier molecular flexibility index (Phi) is 6.66. The van der Waals surface area contributed by atoms with Crippen LogP contribution in [0, 0.1) is 5.92 Å². The summed E-state index contributed by atoms with van der Waals surface area (Å²) in [6.45, 7) is 5.43. The molecule has 0 saturated heterocycles. The molecule has 102 valence electrons. The van der Waals surface area contributed by atoms with Crippen LogP contribution in [-0.2, 0) is 15.0 Å². The van der Waals surface area contributed by atoms with Gasteiger partial charge in [0.1, 0.15) is 0 Å². The second-order valence-electron chi connectivity index (χ2n) is 4.21. The Labute approximate surface area is 103 Å². The fourth-order valence-electron chi connectivity index (χ4n) is 1.14. The van der Waals surface area contributed by atoms with Gasteiger partial charge in [0, 0.05) is 19.6 Å². The van der Waals surface area contributed by atoms with Crippen LogP contribution in [0.15, 0.2) is 0 Å². The van der Waals surface area contributed by atoms with Crippen molar-refractivity contribution in [2.24, 2.45) is 5.92 Å². The lowest BCUT2D eigenvalue weighted by Gasteiger charge is -2.22. The first kappa shape index (κ1) is 16.3. The number of hydrogen-bond acceptors (Lipinski definition) is 3. The molecule has 2 atom stereocenters. The van der Waals surface area contributed by atoms with E-state index in [4.69, 9.17) is 5.11 Å². The first-order chi connectivity index (χ1) is 7.72. The molecular formula is C10H22N2O4S. The van der Waals surface area contributed by atoms with Crippen LogP contribution in [0.2, 0.25) is 0 Å². The Bertz CT molecular complexity index is 342. The zero-order chi connectivity index (χ0) is 13.6. The number of nitrogens with one attached hydrogen (secondary N) is 1. The van der Waals surface area contributed by atoms with Crippen LogP contribution < -0.4 is 4.72 Å². The number of carboxylic acid groups (broad SMARTS) is 1. The van der Waals surface area contributed by atoms with Crippen LogP contribution in [0.4, 0.5) is 0 Å². The van der Waals surface area contributed by atoms with Gasteiger partial charge >= 0.3 is 5.97 Å². The summed E-state index contributed by atoms with van der Waals surface area (Å²) in [6.07, 6.45) is 1.68. The summed E-state index contributed by atoms with van der Waals surface area (Å²) in [5.74, 6) is -1.78. The van der Waals surface area contributed by atoms with Crippen LogP contribution in [0.25, 0.3) is 0 Å². The predicted molar refractivity (Wildman–Crippen MR) is 65.9 cm³/mol. The molecule has 0 aromatic heterocycles. The first-order valence-corrected chi connectivity index (χ1v) is 7.12. The number of rotatable bonds is 8. The van der Waals surface area contributed by atoms with Gasteiger partial charge in [0.15, 0.2) is 0 Å². The predicted octanol–water partition coefficient (Wildman–Crippen LogP) is 0.662. The number of unbranched alkanes of at least 4 members (excludes halogenated alkanes) is 1. The third-order valence-corrected chi connectivity index (χ3v) is 4.38. The van der Waals surface area contributed by atoms with Crippen molar-refractivity contribution in [1.82, 2.24) is 9.03 Å². The lowest BCUT2D eigenvalue weighted by molar-refractivity contribution is -0.141. The summed E-state index contributed by atoms with van der Waals surface area (Å²) in [7, 11) is -2.11. The van der Waals surface area contributed by atoms with Crippen LogP contribution in [0.5, 0.6) is 0 Å². The smallest absolute Gasteiger partial charge is 0.307 e. The van der Waals surface area contributed by atoms with Crippen molar-refractivity contribution >= 4 is 16.2 Å². The number of carboxylic acids is 1. The van der Waals surface area contributed by atoms with E-state index in [0.717, 1.165) is 12.8 Å². The van der Waals surface area contributed by atoms with E-state index < -0.39 is 28.1 Å². The highest BCUT2D eigenvalue weighted by atomic mass is 32.2. The van der Waals surface area contributed by atoms with Crippen molar-refractivity contribution in [3.63, 3.8) is 0 Å². The van der Waals surface area contributed by atoms with Crippen molar-refractivity contribution in [1.29, 1.82) is 0 Å². The van der Waals surface area contributed by atoms with Crippen molar-refractivity contribution in [3.8, 4) is 0 Å². The van der Waals surface area contributed by atoms with E-state index in [9.17, 15) is 13.2 Å². The minimum atomic E-state index is -3.59. The lowest BCUT2D eigenvalue weighted by atomic mass is 10.1. The minimum Gasteiger partial charge on any atom is -0.481 e. The molecule has 0 fully saturated rings. The van der Waals surface area contributed by atoms with Gasteiger partial charge in [-0.1, -0.05) is 20.3 Å². The standard InChI is InChI=1S/C10H22N2O4S/c1-5-6-7-12(4)17(15,16)11-9(3)8(2)10(13)14/h8-9,11H,5-7H2,1-4H3,(H,13,14). The minimum absolute atomic E-state index is 0.431. The third kappa shape index (κ3) is 5.47. The third-order valence-electron chi connectivity index (χ3n) is 2.71. The molecule has 2 N–H and O–H groups in total.